The Morgan fingerprint density at radius 3 is 2.28 bits per heavy atom. The summed E-state index contributed by atoms with van der Waals surface area (Å²) in [6.45, 7) is 7.88. The molecule has 2 aromatic carbocycles. The monoisotopic (exact) mass is 552 g/mol. The Morgan fingerprint density at radius 2 is 1.64 bits per heavy atom. The van der Waals surface area contributed by atoms with Crippen molar-refractivity contribution in [3.05, 3.63) is 88.2 Å². The molecule has 0 bridgehead atoms. The Morgan fingerprint density at radius 1 is 0.974 bits per heavy atom. The molecular formula is C30H40N4O4S. The maximum absolute atomic E-state index is 13.4. The summed E-state index contributed by atoms with van der Waals surface area (Å²) in [6.07, 6.45) is 0. The maximum atomic E-state index is 13.4. The van der Waals surface area contributed by atoms with E-state index in [1.165, 1.54) is 10.00 Å². The molecule has 0 spiro atoms. The fraction of sp³-hybridized carbons (Fsp3) is 0.433. The number of fused-ring (bicyclic) bond motifs is 1. The van der Waals surface area contributed by atoms with Gasteiger partial charge in [-0.2, -0.15) is 4.31 Å². The lowest BCUT2D eigenvalue weighted by Gasteiger charge is -2.38. The molecule has 0 aliphatic carbocycles. The van der Waals surface area contributed by atoms with Crippen LogP contribution in [-0.4, -0.2) is 80.4 Å². The number of hydrogen-bond acceptors (Lipinski definition) is 5. The number of nitrogens with zero attached hydrogens (tertiary/aromatic N) is 4. The van der Waals surface area contributed by atoms with Crippen molar-refractivity contribution in [2.45, 2.75) is 44.8 Å². The van der Waals surface area contributed by atoms with Crippen molar-refractivity contribution >= 4 is 15.9 Å². The Labute approximate surface area is 232 Å². The molecule has 9 heteroatoms. The average molecular weight is 553 g/mol. The lowest BCUT2D eigenvalue weighted by molar-refractivity contribution is -0.139. The molecule has 0 radical (unpaired) electrons. The highest BCUT2D eigenvalue weighted by Crippen LogP contribution is 2.34. The van der Waals surface area contributed by atoms with Crippen molar-refractivity contribution in [1.29, 1.82) is 0 Å². The van der Waals surface area contributed by atoms with Gasteiger partial charge in [-0.05, 0) is 63.7 Å². The number of carbonyl (C=O) groups excluding carboxylic acids is 1. The van der Waals surface area contributed by atoms with Crippen molar-refractivity contribution < 1.29 is 17.9 Å². The first-order valence-corrected chi connectivity index (χ1v) is 14.7. The van der Waals surface area contributed by atoms with Crippen LogP contribution in [0.2, 0.25) is 0 Å². The van der Waals surface area contributed by atoms with E-state index in [0.717, 1.165) is 41.0 Å². The number of carbonyl (C=O) groups is 1. The van der Waals surface area contributed by atoms with Gasteiger partial charge >= 0.3 is 0 Å². The largest absolute Gasteiger partial charge is 0.370 e. The molecule has 1 aromatic heterocycles. The zero-order valence-corrected chi connectivity index (χ0v) is 24.7. The molecule has 1 amide bonds. The van der Waals surface area contributed by atoms with Crippen LogP contribution in [0.5, 0.6) is 0 Å². The van der Waals surface area contributed by atoms with Gasteiger partial charge in [0, 0.05) is 44.6 Å². The zero-order valence-electron chi connectivity index (χ0n) is 23.8. The van der Waals surface area contributed by atoms with E-state index in [-0.39, 0.29) is 31.7 Å². The second kappa shape index (κ2) is 12.0. The third-order valence-electron chi connectivity index (χ3n) is 7.22. The van der Waals surface area contributed by atoms with E-state index in [4.69, 9.17) is 4.74 Å². The van der Waals surface area contributed by atoms with E-state index >= 15 is 0 Å². The van der Waals surface area contributed by atoms with Crippen LogP contribution in [0.25, 0.3) is 0 Å². The van der Waals surface area contributed by atoms with Gasteiger partial charge in [0.05, 0.1) is 17.5 Å². The lowest BCUT2D eigenvalue weighted by atomic mass is 10.00. The molecule has 3 aromatic rings. The second-order valence-corrected chi connectivity index (χ2v) is 12.6. The van der Waals surface area contributed by atoms with Gasteiger partial charge in [-0.3, -0.25) is 4.79 Å². The minimum atomic E-state index is -3.67. The SMILES string of the molecule is Cc1cc(C)c(S(=O)(=O)N(C)CCOCC(=O)N2CCn3c(CN(C)C)ccc3C2c2ccccc2)c(C)c1. The van der Waals surface area contributed by atoms with Crippen LogP contribution in [-0.2, 0) is 32.6 Å². The predicted octanol–water partition coefficient (Wildman–Crippen LogP) is 3.74. The highest BCUT2D eigenvalue weighted by Gasteiger charge is 2.33. The number of likely N-dealkylation sites (N-methyl/N-ethyl adjacent to an activating group) is 1. The summed E-state index contributed by atoms with van der Waals surface area (Å²) in [6, 6.07) is 17.9. The van der Waals surface area contributed by atoms with Crippen LogP contribution in [0.3, 0.4) is 0 Å². The Hall–Kier alpha value is -2.98. The van der Waals surface area contributed by atoms with Gasteiger partial charge in [0.1, 0.15) is 6.61 Å². The smallest absolute Gasteiger partial charge is 0.249 e. The number of amides is 1. The number of ether oxygens (including phenoxy) is 1. The minimum absolute atomic E-state index is 0.106. The molecule has 1 atom stereocenters. The normalized spacial score (nSPS) is 15.7. The van der Waals surface area contributed by atoms with Crippen LogP contribution in [0.1, 0.15) is 39.7 Å². The van der Waals surface area contributed by atoms with Gasteiger partial charge in [0.15, 0.2) is 0 Å². The van der Waals surface area contributed by atoms with Crippen molar-refractivity contribution in [3.63, 3.8) is 0 Å². The first-order chi connectivity index (χ1) is 18.5. The number of rotatable bonds is 10. The molecule has 0 fully saturated rings. The van der Waals surface area contributed by atoms with Gasteiger partial charge < -0.3 is 19.1 Å². The first-order valence-electron chi connectivity index (χ1n) is 13.3. The molecule has 210 valence electrons. The Balaban J connectivity index is 1.43. The molecule has 2 heterocycles. The van der Waals surface area contributed by atoms with Crippen LogP contribution in [0.4, 0.5) is 0 Å². The lowest BCUT2D eigenvalue weighted by Crippen LogP contribution is -2.44. The van der Waals surface area contributed by atoms with Gasteiger partial charge in [0.25, 0.3) is 0 Å². The fourth-order valence-electron chi connectivity index (χ4n) is 5.54. The standard InChI is InChI=1S/C30H40N4O4S/c1-22-18-23(2)30(24(3)19-22)39(36,37)32(6)16-17-38-21-28(35)34-15-14-33-26(20-31(4)5)12-13-27(33)29(34)25-10-8-7-9-11-25/h7-13,18-19,29H,14-17,20-21H2,1-6H3. The van der Waals surface area contributed by atoms with Crippen LogP contribution in [0.15, 0.2) is 59.5 Å². The van der Waals surface area contributed by atoms with E-state index in [0.29, 0.717) is 11.4 Å². The molecular weight excluding hydrogens is 512 g/mol. The topological polar surface area (TPSA) is 75.1 Å². The maximum Gasteiger partial charge on any atom is 0.249 e. The molecule has 8 nitrogen and oxygen atoms in total. The van der Waals surface area contributed by atoms with Crippen LogP contribution in [0, 0.1) is 20.8 Å². The summed E-state index contributed by atoms with van der Waals surface area (Å²) in [5, 5.41) is 0. The molecule has 1 unspecified atom stereocenters. The summed E-state index contributed by atoms with van der Waals surface area (Å²) < 4.78 is 35.8. The fourth-order valence-corrected chi connectivity index (χ4v) is 7.10. The van der Waals surface area contributed by atoms with Crippen molar-refractivity contribution in [2.24, 2.45) is 0 Å². The van der Waals surface area contributed by atoms with Crippen molar-refractivity contribution in [1.82, 2.24) is 18.7 Å². The van der Waals surface area contributed by atoms with Crippen LogP contribution < -0.4 is 0 Å². The molecule has 39 heavy (non-hydrogen) atoms. The third-order valence-corrected chi connectivity index (χ3v) is 9.39. The van der Waals surface area contributed by atoms with E-state index < -0.39 is 10.0 Å². The molecule has 0 saturated heterocycles. The van der Waals surface area contributed by atoms with E-state index in [2.05, 4.69) is 47.8 Å². The first kappa shape index (κ1) is 29.0. The molecule has 1 aliphatic heterocycles. The van der Waals surface area contributed by atoms with Crippen molar-refractivity contribution in [3.8, 4) is 0 Å². The minimum Gasteiger partial charge on any atom is -0.370 e. The van der Waals surface area contributed by atoms with Crippen LogP contribution >= 0.6 is 0 Å². The van der Waals surface area contributed by atoms with Crippen molar-refractivity contribution in [2.75, 3.05) is 47.4 Å². The summed E-state index contributed by atoms with van der Waals surface area (Å²) in [7, 11) is 1.98. The van der Waals surface area contributed by atoms with E-state index in [1.54, 1.807) is 7.05 Å². The molecule has 1 aliphatic rings. The van der Waals surface area contributed by atoms with Gasteiger partial charge in [-0.15, -0.1) is 0 Å². The molecule has 0 saturated carbocycles. The van der Waals surface area contributed by atoms with E-state index in [1.807, 2.05) is 56.0 Å². The summed E-state index contributed by atoms with van der Waals surface area (Å²) >= 11 is 0. The van der Waals surface area contributed by atoms with Gasteiger partial charge in [0.2, 0.25) is 15.9 Å². The summed E-state index contributed by atoms with van der Waals surface area (Å²) in [4.78, 5) is 17.8. The Bertz CT molecular complexity index is 1390. The zero-order chi connectivity index (χ0) is 28.3. The molecule has 4 rings (SSSR count). The van der Waals surface area contributed by atoms with Gasteiger partial charge in [-0.1, -0.05) is 48.0 Å². The quantitative estimate of drug-likeness (QED) is 0.358. The Kier molecular flexibility index (Phi) is 8.96. The van der Waals surface area contributed by atoms with Gasteiger partial charge in [-0.25, -0.2) is 8.42 Å². The number of aromatic nitrogens is 1. The summed E-state index contributed by atoms with van der Waals surface area (Å²) in [5.41, 5.74) is 5.85. The summed E-state index contributed by atoms with van der Waals surface area (Å²) in [5.74, 6) is -0.110. The number of benzene rings is 2. The molecule has 0 N–H and O–H groups in total. The van der Waals surface area contributed by atoms with E-state index in [9.17, 15) is 13.2 Å². The number of sulfonamides is 1. The number of aryl methyl sites for hydroxylation is 3. The third kappa shape index (κ3) is 6.27. The predicted molar refractivity (Wildman–Crippen MR) is 153 cm³/mol. The second-order valence-electron chi connectivity index (χ2n) is 10.6. The highest BCUT2D eigenvalue weighted by molar-refractivity contribution is 7.89. The average Bonchev–Trinajstić information content (AvgIpc) is 3.27. The highest BCUT2D eigenvalue weighted by atomic mass is 32.2. The number of hydrogen-bond donors (Lipinski definition) is 0.